The smallest absolute Gasteiger partial charge is 0.253 e. The molecule has 0 aliphatic rings. The lowest BCUT2D eigenvalue weighted by molar-refractivity contribution is -0.136. The molecule has 4 heteroatoms. The molecule has 0 N–H and O–H groups in total. The molecule has 0 saturated heterocycles. The van der Waals surface area contributed by atoms with Crippen LogP contribution < -0.4 is 0 Å². The van der Waals surface area contributed by atoms with E-state index in [9.17, 15) is 13.2 Å². The zero-order chi connectivity index (χ0) is 14.0. The van der Waals surface area contributed by atoms with Gasteiger partial charge in [0.15, 0.2) is 0 Å². The van der Waals surface area contributed by atoms with Gasteiger partial charge < -0.3 is 0 Å². The quantitative estimate of drug-likeness (QED) is 0.780. The van der Waals surface area contributed by atoms with E-state index < -0.39 is 11.7 Å². The summed E-state index contributed by atoms with van der Waals surface area (Å²) in [6.07, 6.45) is -2.28. The van der Waals surface area contributed by atoms with Gasteiger partial charge in [-0.1, -0.05) is 26.3 Å². The van der Waals surface area contributed by atoms with Crippen molar-refractivity contribution in [1.29, 1.82) is 0 Å². The van der Waals surface area contributed by atoms with Crippen LogP contribution in [-0.4, -0.2) is 4.98 Å². The number of nitrogens with zero attached hydrogens (tertiary/aromatic N) is 1. The maximum Gasteiger partial charge on any atom is 0.417 e. The highest BCUT2D eigenvalue weighted by atomic mass is 19.4. The summed E-state index contributed by atoms with van der Waals surface area (Å²) < 4.78 is 39.4. The van der Waals surface area contributed by atoms with E-state index in [0.29, 0.717) is 24.1 Å². The highest BCUT2D eigenvalue weighted by Crippen LogP contribution is 2.35. The number of hydrogen-bond donors (Lipinski definition) is 0. The first-order valence-corrected chi connectivity index (χ1v) is 6.45. The second kappa shape index (κ2) is 5.19. The van der Waals surface area contributed by atoms with Crippen LogP contribution in [0.3, 0.4) is 0 Å². The van der Waals surface area contributed by atoms with E-state index in [0.717, 1.165) is 12.0 Å². The molecular formula is C15H16F3N. The minimum absolute atomic E-state index is 0.201. The van der Waals surface area contributed by atoms with Crippen molar-refractivity contribution in [3.8, 4) is 0 Å². The minimum atomic E-state index is -4.34. The van der Waals surface area contributed by atoms with Crippen molar-refractivity contribution in [2.75, 3.05) is 0 Å². The Morgan fingerprint density at radius 1 is 1.11 bits per heavy atom. The zero-order valence-corrected chi connectivity index (χ0v) is 11.0. The Morgan fingerprint density at radius 2 is 1.84 bits per heavy atom. The second-order valence-electron chi connectivity index (χ2n) is 4.61. The van der Waals surface area contributed by atoms with E-state index in [1.54, 1.807) is 12.1 Å². The molecule has 0 atom stereocenters. The molecule has 0 aliphatic carbocycles. The number of benzene rings is 1. The molecule has 1 nitrogen and oxygen atoms in total. The number of aryl methyl sites for hydroxylation is 2. The molecule has 1 aromatic carbocycles. The molecule has 0 aliphatic heterocycles. The molecule has 2 aromatic rings. The molecule has 102 valence electrons. The Hall–Kier alpha value is -1.58. The van der Waals surface area contributed by atoms with Gasteiger partial charge >= 0.3 is 6.18 Å². The van der Waals surface area contributed by atoms with Crippen molar-refractivity contribution < 1.29 is 13.2 Å². The highest BCUT2D eigenvalue weighted by Gasteiger charge is 2.33. The lowest BCUT2D eigenvalue weighted by atomic mass is 10.0. The largest absolute Gasteiger partial charge is 0.417 e. The molecule has 2 rings (SSSR count). The van der Waals surface area contributed by atoms with E-state index >= 15 is 0 Å². The third kappa shape index (κ3) is 2.88. The van der Waals surface area contributed by atoms with Crippen molar-refractivity contribution in [3.63, 3.8) is 0 Å². The van der Waals surface area contributed by atoms with Crippen LogP contribution in [0.4, 0.5) is 13.2 Å². The van der Waals surface area contributed by atoms with Gasteiger partial charge in [-0.05, 0) is 36.6 Å². The Morgan fingerprint density at radius 3 is 2.42 bits per heavy atom. The Balaban J connectivity index is 2.71. The summed E-state index contributed by atoms with van der Waals surface area (Å²) in [5, 5.41) is 0.201. The summed E-state index contributed by atoms with van der Waals surface area (Å²) in [5.41, 5.74) is 1.25. The maximum absolute atomic E-state index is 13.1. The highest BCUT2D eigenvalue weighted by molar-refractivity contribution is 5.83. The second-order valence-corrected chi connectivity index (χ2v) is 4.61. The summed E-state index contributed by atoms with van der Waals surface area (Å²) in [6, 6.07) is 6.31. The number of alkyl halides is 3. The first-order valence-electron chi connectivity index (χ1n) is 6.45. The fourth-order valence-corrected chi connectivity index (χ4v) is 2.17. The SMILES string of the molecule is CCCc1cc(C(F)(F)F)c2cc(CC)ccc2n1. The van der Waals surface area contributed by atoms with Crippen LogP contribution in [-0.2, 0) is 19.0 Å². The van der Waals surface area contributed by atoms with Crippen LogP contribution >= 0.6 is 0 Å². The Kier molecular flexibility index (Phi) is 3.78. The van der Waals surface area contributed by atoms with Gasteiger partial charge in [0.1, 0.15) is 0 Å². The van der Waals surface area contributed by atoms with Crippen molar-refractivity contribution in [1.82, 2.24) is 4.98 Å². The van der Waals surface area contributed by atoms with Crippen molar-refractivity contribution in [2.45, 2.75) is 39.3 Å². The monoisotopic (exact) mass is 267 g/mol. The summed E-state index contributed by atoms with van der Waals surface area (Å²) >= 11 is 0. The number of rotatable bonds is 3. The van der Waals surface area contributed by atoms with Gasteiger partial charge in [-0.15, -0.1) is 0 Å². The lowest BCUT2D eigenvalue weighted by Gasteiger charge is -2.13. The molecular weight excluding hydrogens is 251 g/mol. The average molecular weight is 267 g/mol. The number of fused-ring (bicyclic) bond motifs is 1. The van der Waals surface area contributed by atoms with Crippen LogP contribution in [0.5, 0.6) is 0 Å². The average Bonchev–Trinajstić information content (AvgIpc) is 2.36. The molecule has 0 fully saturated rings. The fourth-order valence-electron chi connectivity index (χ4n) is 2.17. The molecule has 1 heterocycles. The number of pyridine rings is 1. The number of halogens is 3. The lowest BCUT2D eigenvalue weighted by Crippen LogP contribution is -2.08. The summed E-state index contributed by atoms with van der Waals surface area (Å²) in [7, 11) is 0. The minimum Gasteiger partial charge on any atom is -0.253 e. The zero-order valence-electron chi connectivity index (χ0n) is 11.0. The molecule has 0 saturated carbocycles. The van der Waals surface area contributed by atoms with E-state index in [1.807, 2.05) is 19.9 Å². The van der Waals surface area contributed by atoms with Crippen LogP contribution in [0.15, 0.2) is 24.3 Å². The third-order valence-electron chi connectivity index (χ3n) is 3.15. The van der Waals surface area contributed by atoms with Gasteiger partial charge in [0.05, 0.1) is 11.1 Å². The van der Waals surface area contributed by atoms with Crippen LogP contribution in [0, 0.1) is 0 Å². The van der Waals surface area contributed by atoms with Crippen molar-refractivity contribution in [3.05, 3.63) is 41.1 Å². The van der Waals surface area contributed by atoms with E-state index in [-0.39, 0.29) is 5.39 Å². The third-order valence-corrected chi connectivity index (χ3v) is 3.15. The van der Waals surface area contributed by atoms with Gasteiger partial charge in [0.25, 0.3) is 0 Å². The van der Waals surface area contributed by atoms with Crippen LogP contribution in [0.2, 0.25) is 0 Å². The van der Waals surface area contributed by atoms with Gasteiger partial charge in [-0.25, -0.2) is 0 Å². The predicted molar refractivity (Wildman–Crippen MR) is 70.1 cm³/mol. The molecule has 1 aromatic heterocycles. The molecule has 0 radical (unpaired) electrons. The molecule has 0 unspecified atom stereocenters. The standard InChI is InChI=1S/C15H16F3N/c1-3-5-11-9-13(15(16,17)18)12-8-10(4-2)6-7-14(12)19-11/h6-9H,3-5H2,1-2H3. The van der Waals surface area contributed by atoms with Crippen LogP contribution in [0.25, 0.3) is 10.9 Å². The van der Waals surface area contributed by atoms with Gasteiger partial charge in [-0.3, -0.25) is 4.98 Å². The maximum atomic E-state index is 13.1. The number of hydrogen-bond acceptors (Lipinski definition) is 1. The summed E-state index contributed by atoms with van der Waals surface area (Å²) in [5.74, 6) is 0. The van der Waals surface area contributed by atoms with E-state index in [2.05, 4.69) is 4.98 Å². The first kappa shape index (κ1) is 13.8. The Labute approximate surface area is 110 Å². The van der Waals surface area contributed by atoms with E-state index in [4.69, 9.17) is 0 Å². The molecule has 0 amide bonds. The summed E-state index contributed by atoms with van der Waals surface area (Å²) in [6.45, 7) is 3.85. The summed E-state index contributed by atoms with van der Waals surface area (Å²) in [4.78, 5) is 4.31. The Bertz CT molecular complexity index is 588. The van der Waals surface area contributed by atoms with Gasteiger partial charge in [0.2, 0.25) is 0 Å². The van der Waals surface area contributed by atoms with Gasteiger partial charge in [0, 0.05) is 11.1 Å². The molecule has 0 spiro atoms. The van der Waals surface area contributed by atoms with Crippen LogP contribution in [0.1, 0.15) is 37.1 Å². The number of aromatic nitrogens is 1. The molecule has 19 heavy (non-hydrogen) atoms. The predicted octanol–water partition coefficient (Wildman–Crippen LogP) is 4.77. The topological polar surface area (TPSA) is 12.9 Å². The van der Waals surface area contributed by atoms with E-state index in [1.165, 1.54) is 6.07 Å². The van der Waals surface area contributed by atoms with Crippen molar-refractivity contribution in [2.24, 2.45) is 0 Å². The van der Waals surface area contributed by atoms with Crippen molar-refractivity contribution >= 4 is 10.9 Å². The normalized spacial score (nSPS) is 12.1. The fraction of sp³-hybridized carbons (Fsp3) is 0.400. The first-order chi connectivity index (χ1) is 8.95. The van der Waals surface area contributed by atoms with Gasteiger partial charge in [-0.2, -0.15) is 13.2 Å². The molecule has 0 bridgehead atoms.